The Labute approximate surface area is 76.0 Å². The summed E-state index contributed by atoms with van der Waals surface area (Å²) >= 11 is 0. The number of hydrogen-bond acceptors (Lipinski definition) is 1. The van der Waals surface area contributed by atoms with E-state index in [-0.39, 0.29) is 0 Å². The molecule has 1 N–H and O–H groups in total. The first-order valence-electron chi connectivity index (χ1n) is 4.13. The van der Waals surface area contributed by atoms with Crippen LogP contribution in [0.3, 0.4) is 0 Å². The maximum atomic E-state index is 10.1. The molecule has 0 aromatic carbocycles. The molecule has 1 amide bonds. The third-order valence-corrected chi connectivity index (χ3v) is 2.03. The lowest BCUT2D eigenvalue weighted by Crippen LogP contribution is -2.09. The Bertz CT molecular complexity index is 420. The van der Waals surface area contributed by atoms with Gasteiger partial charge in [0.1, 0.15) is 0 Å². The van der Waals surface area contributed by atoms with Crippen molar-refractivity contribution in [2.75, 3.05) is 0 Å². The molecular formula is C10H10N2O. The second-order valence-electron chi connectivity index (χ2n) is 2.83. The molecule has 2 aromatic heterocycles. The molecule has 0 saturated carbocycles. The van der Waals surface area contributed by atoms with Gasteiger partial charge in [-0.2, -0.15) is 0 Å². The molecule has 0 aliphatic heterocycles. The largest absolute Gasteiger partial charge is 0.355 e. The summed E-state index contributed by atoms with van der Waals surface area (Å²) in [7, 11) is 0. The van der Waals surface area contributed by atoms with Crippen LogP contribution in [0.25, 0.3) is 5.52 Å². The maximum Gasteiger partial charge on any atom is 0.207 e. The van der Waals surface area contributed by atoms with Crippen LogP contribution in [0.1, 0.15) is 5.56 Å². The highest BCUT2D eigenvalue weighted by Gasteiger charge is 1.99. The number of carbonyl (C=O) groups is 1. The third kappa shape index (κ3) is 1.40. The van der Waals surface area contributed by atoms with E-state index in [1.54, 1.807) is 0 Å². The first kappa shape index (κ1) is 7.86. The van der Waals surface area contributed by atoms with E-state index in [0.29, 0.717) is 13.0 Å². The molecule has 2 rings (SSSR count). The van der Waals surface area contributed by atoms with Crippen molar-refractivity contribution in [1.82, 2.24) is 9.72 Å². The molecule has 0 spiro atoms. The number of nitrogens with one attached hydrogen (secondary N) is 1. The minimum atomic E-state index is 0.587. The highest BCUT2D eigenvalue weighted by molar-refractivity contribution is 5.57. The Kier molecular flexibility index (Phi) is 2.00. The molecule has 0 bridgehead atoms. The van der Waals surface area contributed by atoms with Gasteiger partial charge in [-0.3, -0.25) is 4.79 Å². The van der Waals surface area contributed by atoms with E-state index in [2.05, 4.69) is 5.32 Å². The minimum Gasteiger partial charge on any atom is -0.355 e. The van der Waals surface area contributed by atoms with Gasteiger partial charge in [0.25, 0.3) is 0 Å². The maximum absolute atomic E-state index is 10.1. The molecule has 0 aliphatic carbocycles. The average molecular weight is 174 g/mol. The van der Waals surface area contributed by atoms with E-state index >= 15 is 0 Å². The zero-order valence-corrected chi connectivity index (χ0v) is 7.10. The molecular weight excluding hydrogens is 164 g/mol. The quantitative estimate of drug-likeness (QED) is 0.696. The fourth-order valence-corrected chi connectivity index (χ4v) is 1.42. The van der Waals surface area contributed by atoms with E-state index in [9.17, 15) is 4.79 Å². The van der Waals surface area contributed by atoms with Crippen LogP contribution in [-0.2, 0) is 11.3 Å². The van der Waals surface area contributed by atoms with Gasteiger partial charge in [0, 0.05) is 24.5 Å². The number of rotatable bonds is 3. The topological polar surface area (TPSA) is 33.5 Å². The molecule has 2 aromatic rings. The van der Waals surface area contributed by atoms with Gasteiger partial charge in [-0.1, -0.05) is 6.07 Å². The number of pyridine rings is 1. The second kappa shape index (κ2) is 3.31. The second-order valence-corrected chi connectivity index (χ2v) is 2.83. The zero-order chi connectivity index (χ0) is 9.10. The molecule has 66 valence electrons. The number of amides is 1. The molecule has 0 fully saturated rings. The van der Waals surface area contributed by atoms with Crippen LogP contribution >= 0.6 is 0 Å². The monoisotopic (exact) mass is 174 g/mol. The molecule has 3 nitrogen and oxygen atoms in total. The van der Waals surface area contributed by atoms with Crippen molar-refractivity contribution in [1.29, 1.82) is 0 Å². The Morgan fingerprint density at radius 2 is 2.23 bits per heavy atom. The molecule has 3 heteroatoms. The van der Waals surface area contributed by atoms with Crippen molar-refractivity contribution in [3.63, 3.8) is 0 Å². The highest BCUT2D eigenvalue weighted by atomic mass is 16.1. The van der Waals surface area contributed by atoms with Gasteiger partial charge in [0.05, 0.1) is 0 Å². The van der Waals surface area contributed by atoms with Gasteiger partial charge in [0.2, 0.25) is 6.41 Å². The normalized spacial score (nSPS) is 10.2. The Balaban J connectivity index is 2.40. The van der Waals surface area contributed by atoms with Crippen LogP contribution in [0, 0.1) is 0 Å². The lowest BCUT2D eigenvalue weighted by Gasteiger charge is -1.97. The van der Waals surface area contributed by atoms with Crippen LogP contribution in [0.4, 0.5) is 0 Å². The summed E-state index contributed by atoms with van der Waals surface area (Å²) in [4.78, 5) is 10.1. The Morgan fingerprint density at radius 1 is 1.31 bits per heavy atom. The SMILES string of the molecule is O=CNCc1ccn2ccccc12. The van der Waals surface area contributed by atoms with E-state index in [1.807, 2.05) is 41.1 Å². The van der Waals surface area contributed by atoms with E-state index in [0.717, 1.165) is 11.1 Å². The summed E-state index contributed by atoms with van der Waals surface area (Å²) in [6.07, 6.45) is 4.68. The van der Waals surface area contributed by atoms with Gasteiger partial charge in [-0.15, -0.1) is 0 Å². The highest BCUT2D eigenvalue weighted by Crippen LogP contribution is 2.11. The molecule has 13 heavy (non-hydrogen) atoms. The average Bonchev–Trinajstić information content (AvgIpc) is 2.58. The van der Waals surface area contributed by atoms with Crippen LogP contribution < -0.4 is 5.32 Å². The van der Waals surface area contributed by atoms with Gasteiger partial charge in [0.15, 0.2) is 0 Å². The summed E-state index contributed by atoms with van der Waals surface area (Å²) in [5, 5.41) is 2.65. The van der Waals surface area contributed by atoms with Gasteiger partial charge in [-0.05, 0) is 23.8 Å². The summed E-state index contributed by atoms with van der Waals surface area (Å²) in [6.45, 7) is 0.587. The number of aromatic nitrogens is 1. The predicted octanol–water partition coefficient (Wildman–Crippen LogP) is 1.19. The van der Waals surface area contributed by atoms with Crippen LogP contribution in [0.2, 0.25) is 0 Å². The lowest BCUT2D eigenvalue weighted by atomic mass is 10.2. The van der Waals surface area contributed by atoms with Crippen molar-refractivity contribution in [2.24, 2.45) is 0 Å². The van der Waals surface area contributed by atoms with Gasteiger partial charge < -0.3 is 9.72 Å². The minimum absolute atomic E-state index is 0.587. The predicted molar refractivity (Wildman–Crippen MR) is 50.3 cm³/mol. The summed E-state index contributed by atoms with van der Waals surface area (Å²) < 4.78 is 2.03. The van der Waals surface area contributed by atoms with Crippen molar-refractivity contribution in [3.8, 4) is 0 Å². The standard InChI is InChI=1S/C10H10N2O/c13-8-11-7-9-4-6-12-5-2-1-3-10(9)12/h1-6,8H,7H2,(H,11,13). The van der Waals surface area contributed by atoms with Crippen molar-refractivity contribution >= 4 is 11.9 Å². The molecule has 0 radical (unpaired) electrons. The van der Waals surface area contributed by atoms with Gasteiger partial charge >= 0.3 is 0 Å². The number of carbonyl (C=O) groups excluding carboxylic acids is 1. The number of hydrogen-bond donors (Lipinski definition) is 1. The lowest BCUT2D eigenvalue weighted by molar-refractivity contribution is -0.109. The van der Waals surface area contributed by atoms with Crippen molar-refractivity contribution in [2.45, 2.75) is 6.54 Å². The zero-order valence-electron chi connectivity index (χ0n) is 7.10. The van der Waals surface area contributed by atoms with Crippen LogP contribution in [0.15, 0.2) is 36.7 Å². The molecule has 0 atom stereocenters. The summed E-state index contributed by atoms with van der Waals surface area (Å²) in [5.41, 5.74) is 2.27. The molecule has 0 unspecified atom stereocenters. The van der Waals surface area contributed by atoms with E-state index in [1.165, 1.54) is 0 Å². The number of nitrogens with zero attached hydrogens (tertiary/aromatic N) is 1. The smallest absolute Gasteiger partial charge is 0.207 e. The number of fused-ring (bicyclic) bond motifs is 1. The van der Waals surface area contributed by atoms with Crippen molar-refractivity contribution < 1.29 is 4.79 Å². The summed E-state index contributed by atoms with van der Waals surface area (Å²) in [6, 6.07) is 8.00. The molecule has 0 saturated heterocycles. The third-order valence-electron chi connectivity index (χ3n) is 2.03. The Morgan fingerprint density at radius 3 is 3.08 bits per heavy atom. The molecule has 2 heterocycles. The van der Waals surface area contributed by atoms with E-state index < -0.39 is 0 Å². The first-order valence-corrected chi connectivity index (χ1v) is 4.13. The first-order chi connectivity index (χ1) is 6.42. The van der Waals surface area contributed by atoms with Crippen LogP contribution in [0.5, 0.6) is 0 Å². The van der Waals surface area contributed by atoms with Gasteiger partial charge in [-0.25, -0.2) is 0 Å². The van der Waals surface area contributed by atoms with E-state index in [4.69, 9.17) is 0 Å². The summed E-state index contributed by atoms with van der Waals surface area (Å²) in [5.74, 6) is 0. The Hall–Kier alpha value is -1.77. The van der Waals surface area contributed by atoms with Crippen LogP contribution in [-0.4, -0.2) is 10.8 Å². The fourth-order valence-electron chi connectivity index (χ4n) is 1.42. The molecule has 0 aliphatic rings. The van der Waals surface area contributed by atoms with Crippen molar-refractivity contribution in [3.05, 3.63) is 42.2 Å². The fraction of sp³-hybridized carbons (Fsp3) is 0.100.